The van der Waals surface area contributed by atoms with E-state index in [-0.39, 0.29) is 12.5 Å². The van der Waals surface area contributed by atoms with Crippen LogP contribution in [0.15, 0.2) is 52.1 Å². The van der Waals surface area contributed by atoms with Gasteiger partial charge < -0.3 is 19.5 Å². The fourth-order valence-electron chi connectivity index (χ4n) is 3.25. The van der Waals surface area contributed by atoms with Crippen LogP contribution in [0, 0.1) is 0 Å². The molecule has 156 valence electrons. The molecule has 0 atom stereocenters. The number of aliphatic imine (C=N–C) groups is 1. The Morgan fingerprint density at radius 1 is 1.30 bits per heavy atom. The number of carbonyl (C=O) groups excluding carboxylic acids is 1. The number of nitrogens with one attached hydrogen (secondary N) is 2. The van der Waals surface area contributed by atoms with Crippen LogP contribution in [0.3, 0.4) is 0 Å². The molecule has 0 bridgehead atoms. The Morgan fingerprint density at radius 3 is 2.83 bits per heavy atom. The van der Waals surface area contributed by atoms with Crippen molar-refractivity contribution in [3.63, 3.8) is 0 Å². The van der Waals surface area contributed by atoms with E-state index in [1.165, 1.54) is 0 Å². The highest BCUT2D eigenvalue weighted by Crippen LogP contribution is 2.15. The molecule has 2 N–H and O–H groups in total. The van der Waals surface area contributed by atoms with E-state index >= 15 is 0 Å². The average molecular weight is 428 g/mol. The van der Waals surface area contributed by atoms with E-state index in [9.17, 15) is 4.79 Å². The van der Waals surface area contributed by atoms with Crippen molar-refractivity contribution >= 4 is 23.5 Å². The Morgan fingerprint density at radius 2 is 2.13 bits per heavy atom. The smallest absolute Gasteiger partial charge is 0.242 e. The summed E-state index contributed by atoms with van der Waals surface area (Å²) in [7, 11) is 1.70. The zero-order valence-electron chi connectivity index (χ0n) is 16.5. The number of furan rings is 1. The molecule has 2 aromatic heterocycles. The number of benzene rings is 1. The molecular weight excluding hydrogens is 406 g/mol. The van der Waals surface area contributed by atoms with E-state index in [0.717, 1.165) is 5.56 Å². The van der Waals surface area contributed by atoms with Crippen LogP contribution in [0.4, 0.5) is 0 Å². The van der Waals surface area contributed by atoms with Crippen LogP contribution in [0.2, 0.25) is 5.02 Å². The lowest BCUT2D eigenvalue weighted by atomic mass is 10.2. The molecule has 1 amide bonds. The van der Waals surface area contributed by atoms with Crippen molar-refractivity contribution in [2.24, 2.45) is 4.99 Å². The molecular formula is C20H22ClN7O2. The van der Waals surface area contributed by atoms with Crippen LogP contribution in [-0.2, 0) is 17.9 Å². The lowest BCUT2D eigenvalue weighted by molar-refractivity contribution is -0.135. The van der Waals surface area contributed by atoms with Gasteiger partial charge in [0, 0.05) is 31.7 Å². The summed E-state index contributed by atoms with van der Waals surface area (Å²) in [6, 6.07) is 11.1. The molecule has 0 spiro atoms. The minimum absolute atomic E-state index is 0.0546. The van der Waals surface area contributed by atoms with Crippen molar-refractivity contribution in [3.8, 4) is 11.6 Å². The van der Waals surface area contributed by atoms with Gasteiger partial charge in [-0.15, -0.1) is 5.10 Å². The summed E-state index contributed by atoms with van der Waals surface area (Å²) >= 11 is 5.93. The predicted molar refractivity (Wildman–Crippen MR) is 113 cm³/mol. The van der Waals surface area contributed by atoms with Crippen molar-refractivity contribution in [1.29, 1.82) is 0 Å². The topological polar surface area (TPSA) is 103 Å². The molecule has 0 aliphatic carbocycles. The molecule has 3 aromatic rings. The number of aromatic amines is 1. The number of amides is 1. The van der Waals surface area contributed by atoms with E-state index < -0.39 is 0 Å². The summed E-state index contributed by atoms with van der Waals surface area (Å²) in [5, 5.41) is 11.0. The highest BCUT2D eigenvalue weighted by Gasteiger charge is 2.26. The molecule has 30 heavy (non-hydrogen) atoms. The van der Waals surface area contributed by atoms with Gasteiger partial charge in [-0.05, 0) is 29.8 Å². The summed E-state index contributed by atoms with van der Waals surface area (Å²) in [6.07, 6.45) is 1.58. The third-order valence-electron chi connectivity index (χ3n) is 4.80. The van der Waals surface area contributed by atoms with E-state index in [1.54, 1.807) is 25.4 Å². The zero-order valence-corrected chi connectivity index (χ0v) is 17.3. The molecule has 3 heterocycles. The number of halogens is 1. The molecule has 4 rings (SSSR count). The third-order valence-corrected chi connectivity index (χ3v) is 5.06. The molecule has 1 aliphatic rings. The number of carbonyl (C=O) groups is 1. The van der Waals surface area contributed by atoms with E-state index in [0.29, 0.717) is 54.6 Å². The van der Waals surface area contributed by atoms with Gasteiger partial charge in [0.15, 0.2) is 11.7 Å². The zero-order chi connectivity index (χ0) is 20.9. The molecule has 0 saturated carbocycles. The normalized spacial score (nSPS) is 15.0. The molecule has 1 aliphatic heterocycles. The van der Waals surface area contributed by atoms with Crippen molar-refractivity contribution in [3.05, 3.63) is 59.1 Å². The first-order valence-electron chi connectivity index (χ1n) is 9.55. The van der Waals surface area contributed by atoms with Crippen LogP contribution in [0.1, 0.15) is 11.4 Å². The SMILES string of the molecule is CN=C(NCc1nc(-c2ccco2)n[nH]1)N1CCN(Cc2ccc(Cl)cc2)C(=O)C1. The lowest BCUT2D eigenvalue weighted by Gasteiger charge is -2.36. The second-order valence-corrected chi connectivity index (χ2v) is 7.28. The highest BCUT2D eigenvalue weighted by atomic mass is 35.5. The number of aromatic nitrogens is 3. The molecule has 9 nitrogen and oxygen atoms in total. The maximum atomic E-state index is 12.6. The van der Waals surface area contributed by atoms with Gasteiger partial charge in [-0.2, -0.15) is 0 Å². The Bertz CT molecular complexity index is 1010. The Balaban J connectivity index is 1.31. The quantitative estimate of drug-likeness (QED) is 0.477. The number of rotatable bonds is 5. The van der Waals surface area contributed by atoms with Gasteiger partial charge in [0.25, 0.3) is 0 Å². The first-order chi connectivity index (χ1) is 14.6. The van der Waals surface area contributed by atoms with Crippen molar-refractivity contribution in [2.75, 3.05) is 26.7 Å². The number of piperazine rings is 1. The van der Waals surface area contributed by atoms with E-state index in [2.05, 4.69) is 25.5 Å². The number of H-pyrrole nitrogens is 1. The standard InChI is InChI=1S/C20H22ClN7O2/c1-22-20(23-11-17-24-19(26-25-17)16-3-2-10-30-16)28-9-8-27(18(29)13-28)12-14-4-6-15(21)7-5-14/h2-7,10H,8-9,11-13H2,1H3,(H,22,23)(H,24,25,26). The van der Waals surface area contributed by atoms with Gasteiger partial charge in [-0.1, -0.05) is 23.7 Å². The minimum atomic E-state index is 0.0546. The van der Waals surface area contributed by atoms with Crippen LogP contribution >= 0.6 is 11.6 Å². The van der Waals surface area contributed by atoms with Crippen LogP contribution < -0.4 is 5.32 Å². The number of nitrogens with zero attached hydrogens (tertiary/aromatic N) is 5. The van der Waals surface area contributed by atoms with Crippen molar-refractivity contribution in [1.82, 2.24) is 30.3 Å². The van der Waals surface area contributed by atoms with Crippen molar-refractivity contribution in [2.45, 2.75) is 13.1 Å². The van der Waals surface area contributed by atoms with Crippen LogP contribution in [-0.4, -0.2) is 63.5 Å². The van der Waals surface area contributed by atoms with E-state index in [1.807, 2.05) is 34.1 Å². The highest BCUT2D eigenvalue weighted by molar-refractivity contribution is 6.30. The molecule has 0 radical (unpaired) electrons. The average Bonchev–Trinajstić information content (AvgIpc) is 3.44. The Labute approximate surface area is 178 Å². The first kappa shape index (κ1) is 20.0. The summed E-state index contributed by atoms with van der Waals surface area (Å²) in [5.74, 6) is 2.45. The number of guanidine groups is 1. The molecule has 1 saturated heterocycles. The fourth-order valence-corrected chi connectivity index (χ4v) is 3.38. The molecule has 1 aromatic carbocycles. The molecule has 0 unspecified atom stereocenters. The van der Waals surface area contributed by atoms with Gasteiger partial charge in [-0.25, -0.2) is 4.98 Å². The monoisotopic (exact) mass is 427 g/mol. The van der Waals surface area contributed by atoms with E-state index in [4.69, 9.17) is 16.0 Å². The van der Waals surface area contributed by atoms with Gasteiger partial charge in [0.1, 0.15) is 5.82 Å². The number of hydrogen-bond donors (Lipinski definition) is 2. The lowest BCUT2D eigenvalue weighted by Crippen LogP contribution is -2.54. The van der Waals surface area contributed by atoms with Crippen LogP contribution in [0.5, 0.6) is 0 Å². The summed E-state index contributed by atoms with van der Waals surface area (Å²) in [5.41, 5.74) is 1.06. The summed E-state index contributed by atoms with van der Waals surface area (Å²) < 4.78 is 5.30. The largest absolute Gasteiger partial charge is 0.461 e. The minimum Gasteiger partial charge on any atom is -0.461 e. The first-order valence-corrected chi connectivity index (χ1v) is 9.93. The predicted octanol–water partition coefficient (Wildman–Crippen LogP) is 2.14. The second-order valence-electron chi connectivity index (χ2n) is 6.85. The number of hydrogen-bond acceptors (Lipinski definition) is 5. The third kappa shape index (κ3) is 4.62. The summed E-state index contributed by atoms with van der Waals surface area (Å²) in [6.45, 7) is 2.55. The van der Waals surface area contributed by atoms with Crippen molar-refractivity contribution < 1.29 is 9.21 Å². The maximum absolute atomic E-state index is 12.6. The Hall–Kier alpha value is -3.33. The van der Waals surface area contributed by atoms with Crippen LogP contribution in [0.25, 0.3) is 11.6 Å². The maximum Gasteiger partial charge on any atom is 0.242 e. The van der Waals surface area contributed by atoms with Gasteiger partial charge in [-0.3, -0.25) is 14.9 Å². The fraction of sp³-hybridized carbons (Fsp3) is 0.300. The Kier molecular flexibility index (Phi) is 5.99. The molecule has 10 heteroatoms. The van der Waals surface area contributed by atoms with Gasteiger partial charge in [0.05, 0.1) is 19.4 Å². The molecule has 1 fully saturated rings. The summed E-state index contributed by atoms with van der Waals surface area (Å²) in [4.78, 5) is 25.1. The second kappa shape index (κ2) is 9.00. The van der Waals surface area contributed by atoms with Gasteiger partial charge in [0.2, 0.25) is 11.7 Å². The van der Waals surface area contributed by atoms with Gasteiger partial charge >= 0.3 is 0 Å².